The number of phenolic OH excluding ortho intramolecular Hbond substituents is 1. The molecule has 6 nitrogen and oxygen atoms in total. The number of hydrogen-bond donors (Lipinski definition) is 1. The zero-order valence-corrected chi connectivity index (χ0v) is 9.25. The molecule has 0 radical (unpaired) electrons. The van der Waals surface area contributed by atoms with Crippen molar-refractivity contribution in [3.05, 3.63) is 34.5 Å². The van der Waals surface area contributed by atoms with Gasteiger partial charge in [-0.25, -0.2) is 9.18 Å². The fourth-order valence-electron chi connectivity index (χ4n) is 1.44. The fraction of sp³-hybridized carbons (Fsp3) is 0.300. The van der Waals surface area contributed by atoms with Crippen molar-refractivity contribution >= 4 is 0 Å². The molecule has 1 heterocycles. The van der Waals surface area contributed by atoms with Gasteiger partial charge in [0.05, 0.1) is 13.2 Å². The van der Waals surface area contributed by atoms with E-state index in [1.807, 2.05) is 0 Å². The number of tetrazole rings is 1. The molecule has 0 unspecified atom stereocenters. The van der Waals surface area contributed by atoms with Gasteiger partial charge in [-0.15, -0.1) is 0 Å². The molecule has 0 saturated heterocycles. The molecule has 18 heavy (non-hydrogen) atoms. The van der Waals surface area contributed by atoms with Crippen LogP contribution in [-0.4, -0.2) is 31.6 Å². The second kappa shape index (κ2) is 4.94. The summed E-state index contributed by atoms with van der Waals surface area (Å²) < 4.78 is 27.2. The first kappa shape index (κ1) is 12.2. The van der Waals surface area contributed by atoms with E-state index in [0.717, 1.165) is 15.4 Å². The van der Waals surface area contributed by atoms with Crippen molar-refractivity contribution in [3.8, 4) is 11.4 Å². The molecule has 1 N–H and O–H groups in total. The Kier molecular flexibility index (Phi) is 3.35. The van der Waals surface area contributed by atoms with Crippen molar-refractivity contribution < 1.29 is 13.9 Å². The van der Waals surface area contributed by atoms with Crippen LogP contribution >= 0.6 is 0 Å². The molecule has 8 heteroatoms. The highest BCUT2D eigenvalue weighted by atomic mass is 19.1. The Hall–Kier alpha value is -2.25. The molecule has 1 aromatic heterocycles. The third-order valence-corrected chi connectivity index (χ3v) is 2.30. The number of aromatic nitrogens is 4. The van der Waals surface area contributed by atoms with Crippen LogP contribution in [0.2, 0.25) is 0 Å². The smallest absolute Gasteiger partial charge is 0.368 e. The highest BCUT2D eigenvalue weighted by molar-refractivity contribution is 5.37. The summed E-state index contributed by atoms with van der Waals surface area (Å²) in [6.07, 6.45) is 0.136. The van der Waals surface area contributed by atoms with Gasteiger partial charge >= 0.3 is 5.69 Å². The molecular weight excluding hydrogens is 246 g/mol. The van der Waals surface area contributed by atoms with E-state index >= 15 is 0 Å². The number of halogens is 2. The van der Waals surface area contributed by atoms with Crippen LogP contribution in [-0.2, 0) is 6.54 Å². The van der Waals surface area contributed by atoms with E-state index in [2.05, 4.69) is 10.4 Å². The molecule has 1 aromatic carbocycles. The van der Waals surface area contributed by atoms with Crippen LogP contribution in [0.1, 0.15) is 6.42 Å². The van der Waals surface area contributed by atoms with Crippen molar-refractivity contribution in [1.82, 2.24) is 19.8 Å². The minimum absolute atomic E-state index is 0.0784. The van der Waals surface area contributed by atoms with Crippen LogP contribution < -0.4 is 5.69 Å². The Morgan fingerprint density at radius 3 is 2.78 bits per heavy atom. The molecule has 2 rings (SSSR count). The van der Waals surface area contributed by atoms with Gasteiger partial charge in [-0.2, -0.15) is 9.36 Å². The maximum absolute atomic E-state index is 13.5. The fourth-order valence-corrected chi connectivity index (χ4v) is 1.44. The first-order chi connectivity index (χ1) is 8.63. The van der Waals surface area contributed by atoms with E-state index in [9.17, 15) is 13.6 Å². The minimum atomic E-state index is -0.797. The van der Waals surface area contributed by atoms with Gasteiger partial charge in [0.15, 0.2) is 5.82 Å². The molecule has 0 aliphatic rings. The Morgan fingerprint density at radius 2 is 2.11 bits per heavy atom. The zero-order valence-electron chi connectivity index (χ0n) is 9.25. The van der Waals surface area contributed by atoms with Gasteiger partial charge in [0.25, 0.3) is 0 Å². The number of phenols is 1. The van der Waals surface area contributed by atoms with E-state index < -0.39 is 18.2 Å². The Balaban J connectivity index is 2.39. The lowest BCUT2D eigenvalue weighted by Gasteiger charge is -2.00. The van der Waals surface area contributed by atoms with Crippen molar-refractivity contribution in [2.45, 2.75) is 13.0 Å². The van der Waals surface area contributed by atoms with E-state index in [1.54, 1.807) is 0 Å². The monoisotopic (exact) mass is 256 g/mol. The molecule has 96 valence electrons. The molecule has 0 bridgehead atoms. The van der Waals surface area contributed by atoms with Crippen molar-refractivity contribution in [1.29, 1.82) is 0 Å². The molecule has 0 atom stereocenters. The van der Waals surface area contributed by atoms with Crippen LogP contribution in [0.25, 0.3) is 5.69 Å². The number of nitrogens with zero attached hydrogens (tertiary/aromatic N) is 4. The first-order valence-corrected chi connectivity index (χ1v) is 5.21. The third kappa shape index (κ3) is 2.22. The molecule has 0 amide bonds. The number of alkyl halides is 1. The first-order valence-electron chi connectivity index (χ1n) is 5.21. The normalized spacial score (nSPS) is 10.8. The molecule has 2 aromatic rings. The van der Waals surface area contributed by atoms with Gasteiger partial charge in [-0.1, -0.05) is 0 Å². The molecular formula is C10H10F2N4O2. The van der Waals surface area contributed by atoms with Crippen molar-refractivity contribution in [2.75, 3.05) is 6.67 Å². The number of hydrogen-bond acceptors (Lipinski definition) is 4. The Morgan fingerprint density at radius 1 is 1.33 bits per heavy atom. The molecule has 0 spiro atoms. The Bertz CT molecular complexity index is 608. The highest BCUT2D eigenvalue weighted by Crippen LogP contribution is 2.16. The number of rotatable bonds is 4. The van der Waals surface area contributed by atoms with Crippen LogP contribution in [0.3, 0.4) is 0 Å². The number of benzene rings is 1. The summed E-state index contributed by atoms with van der Waals surface area (Å²) >= 11 is 0. The van der Waals surface area contributed by atoms with Crippen LogP contribution in [0.15, 0.2) is 23.0 Å². The topological polar surface area (TPSA) is 72.9 Å². The molecule has 0 aliphatic carbocycles. The van der Waals surface area contributed by atoms with Gasteiger partial charge < -0.3 is 5.11 Å². The largest absolute Gasteiger partial charge is 0.508 e. The van der Waals surface area contributed by atoms with E-state index in [1.165, 1.54) is 12.1 Å². The Labute approximate surface area is 100 Å². The lowest BCUT2D eigenvalue weighted by atomic mass is 10.3. The van der Waals surface area contributed by atoms with E-state index in [4.69, 9.17) is 5.11 Å². The van der Waals surface area contributed by atoms with Crippen molar-refractivity contribution in [3.63, 3.8) is 0 Å². The number of aromatic hydroxyl groups is 1. The zero-order chi connectivity index (χ0) is 13.1. The van der Waals surface area contributed by atoms with Crippen LogP contribution in [0, 0.1) is 5.82 Å². The summed E-state index contributed by atoms with van der Waals surface area (Å²) in [5, 5.41) is 16.1. The van der Waals surface area contributed by atoms with Gasteiger partial charge in [0.2, 0.25) is 0 Å². The molecule has 0 fully saturated rings. The summed E-state index contributed by atoms with van der Waals surface area (Å²) in [7, 11) is 0. The minimum Gasteiger partial charge on any atom is -0.508 e. The predicted molar refractivity (Wildman–Crippen MR) is 57.8 cm³/mol. The second-order valence-electron chi connectivity index (χ2n) is 3.57. The van der Waals surface area contributed by atoms with E-state index in [0.29, 0.717) is 0 Å². The van der Waals surface area contributed by atoms with E-state index in [-0.39, 0.29) is 24.4 Å². The maximum Gasteiger partial charge on any atom is 0.368 e. The van der Waals surface area contributed by atoms with Crippen LogP contribution in [0.4, 0.5) is 8.78 Å². The second-order valence-corrected chi connectivity index (χ2v) is 3.57. The van der Waals surface area contributed by atoms with Crippen LogP contribution in [0.5, 0.6) is 5.75 Å². The lowest BCUT2D eigenvalue weighted by Crippen LogP contribution is -2.25. The number of aryl methyl sites for hydroxylation is 1. The summed E-state index contributed by atoms with van der Waals surface area (Å²) in [4.78, 5) is 11.8. The standard InChI is InChI=1S/C10H10F2N4O2/c11-4-1-5-15-10(18)16(14-13-15)9-3-2-7(17)6-8(9)12/h2-3,6,17H,1,4-5H2. The van der Waals surface area contributed by atoms with Gasteiger partial charge in [-0.05, 0) is 29.0 Å². The summed E-state index contributed by atoms with van der Waals surface area (Å²) in [6.45, 7) is -0.498. The average Bonchev–Trinajstić information content (AvgIpc) is 2.68. The third-order valence-electron chi connectivity index (χ3n) is 2.30. The lowest BCUT2D eigenvalue weighted by molar-refractivity contribution is 0.427. The average molecular weight is 256 g/mol. The summed E-state index contributed by atoms with van der Waals surface area (Å²) in [5.41, 5.74) is -0.780. The quantitative estimate of drug-likeness (QED) is 0.871. The maximum atomic E-state index is 13.5. The predicted octanol–water partition coefficient (Wildman–Crippen LogP) is 0.633. The highest BCUT2D eigenvalue weighted by Gasteiger charge is 2.12. The van der Waals surface area contributed by atoms with Crippen molar-refractivity contribution in [2.24, 2.45) is 0 Å². The summed E-state index contributed by atoms with van der Waals surface area (Å²) in [6, 6.07) is 3.30. The SMILES string of the molecule is O=c1n(CCCF)nnn1-c1ccc(O)cc1F. The molecule has 0 saturated carbocycles. The van der Waals surface area contributed by atoms with Gasteiger partial charge in [0.1, 0.15) is 11.4 Å². The van der Waals surface area contributed by atoms with Gasteiger partial charge in [-0.3, -0.25) is 4.39 Å². The van der Waals surface area contributed by atoms with Gasteiger partial charge in [0, 0.05) is 6.07 Å². The molecule has 0 aliphatic heterocycles. The summed E-state index contributed by atoms with van der Waals surface area (Å²) in [5.74, 6) is -1.05.